The highest BCUT2D eigenvalue weighted by Gasteiger charge is 2.20. The number of rotatable bonds is 8. The predicted molar refractivity (Wildman–Crippen MR) is 123 cm³/mol. The Labute approximate surface area is 178 Å². The zero-order valence-corrected chi connectivity index (χ0v) is 17.6. The van der Waals surface area contributed by atoms with Gasteiger partial charge in [0.05, 0.1) is 0 Å². The van der Waals surface area contributed by atoms with Crippen LogP contribution in [0.2, 0.25) is 0 Å². The number of fused-ring (bicyclic) bond motifs is 2. The molecule has 3 aromatic rings. The normalized spacial score (nSPS) is 14.2. The number of hydrogen-bond acceptors (Lipinski definition) is 3. The molecule has 0 bridgehead atoms. The fraction of sp³-hybridized carbons (Fsp3) is 0.346. The summed E-state index contributed by atoms with van der Waals surface area (Å²) in [7, 11) is 0. The van der Waals surface area contributed by atoms with Gasteiger partial charge in [-0.05, 0) is 48.8 Å². The second kappa shape index (κ2) is 9.66. The summed E-state index contributed by atoms with van der Waals surface area (Å²) in [4.78, 5) is 15.2. The standard InChI is InChI=1S/C26H30N2O2/c1-2-24(30-25-16-7-12-20-10-3-5-14-22(20)25)26(29)27-17-9-19-28-18-8-13-21-11-4-6-15-23(21)28/h3-7,10-12,14-16,24H,2,8-9,13,17-19H2,1H3,(H,27,29). The van der Waals surface area contributed by atoms with Crippen molar-refractivity contribution >= 4 is 22.4 Å². The lowest BCUT2D eigenvalue weighted by molar-refractivity contribution is -0.128. The molecule has 3 aromatic carbocycles. The molecule has 0 aromatic heterocycles. The van der Waals surface area contributed by atoms with E-state index in [1.807, 2.05) is 37.3 Å². The summed E-state index contributed by atoms with van der Waals surface area (Å²) in [5.74, 6) is 0.726. The van der Waals surface area contributed by atoms with Crippen LogP contribution in [0.3, 0.4) is 0 Å². The van der Waals surface area contributed by atoms with Crippen molar-refractivity contribution in [2.75, 3.05) is 24.5 Å². The number of carbonyl (C=O) groups is 1. The summed E-state index contributed by atoms with van der Waals surface area (Å²) in [6.45, 7) is 4.69. The summed E-state index contributed by atoms with van der Waals surface area (Å²) in [5.41, 5.74) is 2.78. The van der Waals surface area contributed by atoms with Gasteiger partial charge in [0.15, 0.2) is 6.10 Å². The average Bonchev–Trinajstić information content (AvgIpc) is 2.80. The first-order chi connectivity index (χ1) is 14.8. The molecule has 1 N–H and O–H groups in total. The number of anilines is 1. The van der Waals surface area contributed by atoms with Crippen LogP contribution in [0.4, 0.5) is 5.69 Å². The van der Waals surface area contributed by atoms with Crippen molar-refractivity contribution in [1.82, 2.24) is 5.32 Å². The average molecular weight is 403 g/mol. The Morgan fingerprint density at radius 2 is 1.87 bits per heavy atom. The molecule has 0 aliphatic carbocycles. The lowest BCUT2D eigenvalue weighted by atomic mass is 10.0. The number of benzene rings is 3. The molecule has 1 amide bonds. The van der Waals surface area contributed by atoms with E-state index >= 15 is 0 Å². The van der Waals surface area contributed by atoms with Crippen LogP contribution in [-0.2, 0) is 11.2 Å². The zero-order valence-electron chi connectivity index (χ0n) is 17.6. The molecular weight excluding hydrogens is 372 g/mol. The van der Waals surface area contributed by atoms with E-state index < -0.39 is 6.10 Å². The van der Waals surface area contributed by atoms with Crippen molar-refractivity contribution < 1.29 is 9.53 Å². The Morgan fingerprint density at radius 1 is 1.07 bits per heavy atom. The molecule has 1 unspecified atom stereocenters. The minimum Gasteiger partial charge on any atom is -0.480 e. The van der Waals surface area contributed by atoms with E-state index in [1.165, 1.54) is 17.7 Å². The number of hydrogen-bond donors (Lipinski definition) is 1. The smallest absolute Gasteiger partial charge is 0.261 e. The Balaban J connectivity index is 1.30. The minimum absolute atomic E-state index is 0.0375. The molecule has 1 aliphatic rings. The molecule has 30 heavy (non-hydrogen) atoms. The van der Waals surface area contributed by atoms with Crippen molar-refractivity contribution in [3.63, 3.8) is 0 Å². The van der Waals surface area contributed by atoms with Gasteiger partial charge in [0.2, 0.25) is 0 Å². The third-order valence-electron chi connectivity index (χ3n) is 5.79. The van der Waals surface area contributed by atoms with Gasteiger partial charge in [-0.1, -0.05) is 61.5 Å². The van der Waals surface area contributed by atoms with E-state index in [4.69, 9.17) is 4.74 Å². The van der Waals surface area contributed by atoms with Crippen LogP contribution < -0.4 is 15.0 Å². The van der Waals surface area contributed by atoms with Gasteiger partial charge in [0.1, 0.15) is 5.75 Å². The first kappa shape index (κ1) is 20.3. The molecule has 4 rings (SSSR count). The number of nitrogens with one attached hydrogen (secondary N) is 1. The summed E-state index contributed by atoms with van der Waals surface area (Å²) < 4.78 is 6.11. The quantitative estimate of drug-likeness (QED) is 0.542. The molecule has 0 radical (unpaired) electrons. The van der Waals surface area contributed by atoms with Gasteiger partial charge < -0.3 is 15.0 Å². The Morgan fingerprint density at radius 3 is 2.77 bits per heavy atom. The SMILES string of the molecule is CCC(Oc1cccc2ccccc12)C(=O)NCCCN1CCCc2ccccc21. The lowest BCUT2D eigenvalue weighted by Gasteiger charge is -2.31. The van der Waals surface area contributed by atoms with Crippen molar-refractivity contribution in [2.45, 2.75) is 38.7 Å². The van der Waals surface area contributed by atoms with Crippen molar-refractivity contribution in [1.29, 1.82) is 0 Å². The Kier molecular flexibility index (Phi) is 6.53. The molecule has 0 spiro atoms. The van der Waals surface area contributed by atoms with Crippen LogP contribution >= 0.6 is 0 Å². The number of aryl methyl sites for hydroxylation is 1. The van der Waals surface area contributed by atoms with E-state index in [0.717, 1.165) is 42.5 Å². The molecule has 4 nitrogen and oxygen atoms in total. The number of amides is 1. The molecule has 0 fully saturated rings. The summed E-state index contributed by atoms with van der Waals surface area (Å²) in [6.07, 6.45) is 3.43. The highest BCUT2D eigenvalue weighted by atomic mass is 16.5. The van der Waals surface area contributed by atoms with E-state index in [-0.39, 0.29) is 5.91 Å². The van der Waals surface area contributed by atoms with Crippen molar-refractivity contribution in [2.24, 2.45) is 0 Å². The fourth-order valence-electron chi connectivity index (χ4n) is 4.21. The van der Waals surface area contributed by atoms with E-state index in [9.17, 15) is 4.79 Å². The molecule has 1 atom stereocenters. The second-order valence-corrected chi connectivity index (χ2v) is 7.86. The first-order valence-electron chi connectivity index (χ1n) is 11.0. The van der Waals surface area contributed by atoms with E-state index in [2.05, 4.69) is 46.6 Å². The maximum Gasteiger partial charge on any atom is 0.261 e. The van der Waals surface area contributed by atoms with Crippen LogP contribution in [0, 0.1) is 0 Å². The molecule has 156 valence electrons. The van der Waals surface area contributed by atoms with Crippen LogP contribution in [0.1, 0.15) is 31.7 Å². The molecule has 1 aliphatic heterocycles. The highest BCUT2D eigenvalue weighted by Crippen LogP contribution is 2.27. The maximum atomic E-state index is 12.7. The van der Waals surface area contributed by atoms with Gasteiger partial charge in [-0.15, -0.1) is 0 Å². The van der Waals surface area contributed by atoms with Crippen molar-refractivity contribution in [3.05, 3.63) is 72.3 Å². The van der Waals surface area contributed by atoms with Gasteiger partial charge in [-0.25, -0.2) is 0 Å². The van der Waals surface area contributed by atoms with Crippen LogP contribution in [0.15, 0.2) is 66.7 Å². The summed E-state index contributed by atoms with van der Waals surface area (Å²) in [6, 6.07) is 22.7. The Hall–Kier alpha value is -3.01. The monoisotopic (exact) mass is 402 g/mol. The van der Waals surface area contributed by atoms with Crippen molar-refractivity contribution in [3.8, 4) is 5.75 Å². The summed E-state index contributed by atoms with van der Waals surface area (Å²) in [5, 5.41) is 5.23. The lowest BCUT2D eigenvalue weighted by Crippen LogP contribution is -2.39. The topological polar surface area (TPSA) is 41.6 Å². The fourth-order valence-corrected chi connectivity index (χ4v) is 4.21. The summed E-state index contributed by atoms with van der Waals surface area (Å²) >= 11 is 0. The number of para-hydroxylation sites is 1. The number of carbonyl (C=O) groups excluding carboxylic acids is 1. The highest BCUT2D eigenvalue weighted by molar-refractivity contribution is 5.89. The third-order valence-corrected chi connectivity index (χ3v) is 5.79. The van der Waals surface area contributed by atoms with Gasteiger partial charge >= 0.3 is 0 Å². The van der Waals surface area contributed by atoms with E-state index in [1.54, 1.807) is 0 Å². The third kappa shape index (κ3) is 4.59. The zero-order chi connectivity index (χ0) is 20.8. The molecular formula is C26H30N2O2. The Bertz CT molecular complexity index is 996. The van der Waals surface area contributed by atoms with Gasteiger partial charge in [0.25, 0.3) is 5.91 Å². The van der Waals surface area contributed by atoms with Crippen LogP contribution in [-0.4, -0.2) is 31.6 Å². The number of ether oxygens (including phenoxy) is 1. The van der Waals surface area contributed by atoms with Gasteiger partial charge in [-0.2, -0.15) is 0 Å². The van der Waals surface area contributed by atoms with Crippen LogP contribution in [0.5, 0.6) is 5.75 Å². The largest absolute Gasteiger partial charge is 0.480 e. The number of nitrogens with zero attached hydrogens (tertiary/aromatic N) is 1. The van der Waals surface area contributed by atoms with Gasteiger partial charge in [-0.3, -0.25) is 4.79 Å². The predicted octanol–water partition coefficient (Wildman–Crippen LogP) is 4.96. The molecule has 0 saturated heterocycles. The maximum absolute atomic E-state index is 12.7. The van der Waals surface area contributed by atoms with Gasteiger partial charge in [0, 0.05) is 30.7 Å². The molecule has 1 heterocycles. The first-order valence-corrected chi connectivity index (χ1v) is 11.0. The molecule has 4 heteroatoms. The van der Waals surface area contributed by atoms with Crippen LogP contribution in [0.25, 0.3) is 10.8 Å². The van der Waals surface area contributed by atoms with E-state index in [0.29, 0.717) is 13.0 Å². The second-order valence-electron chi connectivity index (χ2n) is 7.86. The minimum atomic E-state index is -0.480. The molecule has 0 saturated carbocycles.